The van der Waals surface area contributed by atoms with Crippen molar-refractivity contribution in [3.05, 3.63) is 29.8 Å². The smallest absolute Gasteiger partial charge is 0.149 e. The number of benzene rings is 1. The maximum Gasteiger partial charge on any atom is 0.149 e. The van der Waals surface area contributed by atoms with E-state index in [4.69, 9.17) is 0 Å². The van der Waals surface area contributed by atoms with Crippen LogP contribution in [-0.2, 0) is 0 Å². The van der Waals surface area contributed by atoms with Gasteiger partial charge in [-0.2, -0.15) is 0 Å². The number of anilines is 1. The van der Waals surface area contributed by atoms with E-state index >= 15 is 0 Å². The highest BCUT2D eigenvalue weighted by Crippen LogP contribution is 2.18. The second-order valence-electron chi connectivity index (χ2n) is 3.71. The molecule has 1 rings (SSSR count). The zero-order valence-corrected chi connectivity index (χ0v) is 8.48. The Morgan fingerprint density at radius 1 is 1.21 bits per heavy atom. The van der Waals surface area contributed by atoms with Crippen LogP contribution in [0.2, 0.25) is 0 Å². The van der Waals surface area contributed by atoms with E-state index in [1.54, 1.807) is 0 Å². The van der Waals surface area contributed by atoms with Crippen molar-refractivity contribution in [1.29, 1.82) is 0 Å². The minimum atomic E-state index is -0.534. The van der Waals surface area contributed by atoms with Crippen molar-refractivity contribution < 1.29 is 8.78 Å². The molecule has 0 aliphatic heterocycles. The molecule has 0 amide bonds. The molecule has 1 nitrogen and oxygen atoms in total. The van der Waals surface area contributed by atoms with Gasteiger partial charge in [-0.3, -0.25) is 0 Å². The van der Waals surface area contributed by atoms with E-state index in [-0.39, 0.29) is 5.69 Å². The number of rotatable bonds is 4. The molecule has 0 saturated carbocycles. The molecule has 3 heteroatoms. The molecule has 0 aliphatic carbocycles. The van der Waals surface area contributed by atoms with Crippen LogP contribution in [0.1, 0.15) is 20.3 Å². The number of nitrogens with one attached hydrogen (secondary N) is 1. The lowest BCUT2D eigenvalue weighted by Gasteiger charge is -2.09. The first-order valence-corrected chi connectivity index (χ1v) is 4.79. The first-order chi connectivity index (χ1) is 6.61. The molecule has 0 radical (unpaired) electrons. The molecule has 1 N–H and O–H groups in total. The first kappa shape index (κ1) is 11.0. The SMILES string of the molecule is CC(C)CCNc1c(F)cccc1F. The molecule has 0 bridgehead atoms. The normalized spacial score (nSPS) is 10.6. The number of hydrogen-bond acceptors (Lipinski definition) is 1. The minimum Gasteiger partial charge on any atom is -0.380 e. The van der Waals surface area contributed by atoms with Gasteiger partial charge >= 0.3 is 0 Å². The lowest BCUT2D eigenvalue weighted by atomic mass is 10.1. The van der Waals surface area contributed by atoms with Gasteiger partial charge in [-0.05, 0) is 24.5 Å². The molecule has 0 spiro atoms. The van der Waals surface area contributed by atoms with Crippen LogP contribution in [0.3, 0.4) is 0 Å². The van der Waals surface area contributed by atoms with Crippen LogP contribution >= 0.6 is 0 Å². The summed E-state index contributed by atoms with van der Waals surface area (Å²) in [7, 11) is 0. The zero-order valence-electron chi connectivity index (χ0n) is 8.48. The molecule has 1 aromatic rings. The van der Waals surface area contributed by atoms with E-state index in [1.165, 1.54) is 18.2 Å². The van der Waals surface area contributed by atoms with Gasteiger partial charge in [0, 0.05) is 6.54 Å². The fourth-order valence-corrected chi connectivity index (χ4v) is 1.15. The lowest BCUT2D eigenvalue weighted by molar-refractivity contribution is 0.576. The maximum atomic E-state index is 13.1. The van der Waals surface area contributed by atoms with Crippen LogP contribution in [0, 0.1) is 17.6 Å². The third-order valence-corrected chi connectivity index (χ3v) is 1.99. The molecular formula is C11H15F2N. The van der Waals surface area contributed by atoms with Crippen LogP contribution < -0.4 is 5.32 Å². The molecule has 78 valence electrons. The van der Waals surface area contributed by atoms with Gasteiger partial charge in [-0.25, -0.2) is 8.78 Å². The van der Waals surface area contributed by atoms with E-state index in [2.05, 4.69) is 19.2 Å². The van der Waals surface area contributed by atoms with Gasteiger partial charge in [-0.15, -0.1) is 0 Å². The summed E-state index contributed by atoms with van der Waals surface area (Å²) in [5.74, 6) is -0.542. The van der Waals surface area contributed by atoms with E-state index in [1.807, 2.05) is 0 Å². The van der Waals surface area contributed by atoms with Gasteiger partial charge < -0.3 is 5.32 Å². The molecule has 0 atom stereocenters. The van der Waals surface area contributed by atoms with E-state index in [0.29, 0.717) is 12.5 Å². The van der Waals surface area contributed by atoms with E-state index in [0.717, 1.165) is 6.42 Å². The molecule has 0 aliphatic rings. The van der Waals surface area contributed by atoms with Crippen LogP contribution in [0.15, 0.2) is 18.2 Å². The highest BCUT2D eigenvalue weighted by atomic mass is 19.1. The average Bonchev–Trinajstić information content (AvgIpc) is 2.09. The Kier molecular flexibility index (Phi) is 3.86. The third kappa shape index (κ3) is 2.98. The van der Waals surface area contributed by atoms with Gasteiger partial charge in [0.05, 0.1) is 0 Å². The number of halogens is 2. The van der Waals surface area contributed by atoms with Crippen molar-refractivity contribution in [2.45, 2.75) is 20.3 Å². The fourth-order valence-electron chi connectivity index (χ4n) is 1.15. The van der Waals surface area contributed by atoms with Crippen LogP contribution in [-0.4, -0.2) is 6.54 Å². The van der Waals surface area contributed by atoms with Gasteiger partial charge in [0.1, 0.15) is 17.3 Å². The average molecular weight is 199 g/mol. The van der Waals surface area contributed by atoms with Gasteiger partial charge in [0.2, 0.25) is 0 Å². The van der Waals surface area contributed by atoms with Crippen molar-refractivity contribution in [2.75, 3.05) is 11.9 Å². The van der Waals surface area contributed by atoms with E-state index < -0.39 is 11.6 Å². The highest BCUT2D eigenvalue weighted by molar-refractivity contribution is 5.45. The largest absolute Gasteiger partial charge is 0.380 e. The number of hydrogen-bond donors (Lipinski definition) is 1. The molecule has 0 heterocycles. The third-order valence-electron chi connectivity index (χ3n) is 1.99. The Labute approximate surface area is 83.1 Å². The Balaban J connectivity index is 2.58. The first-order valence-electron chi connectivity index (χ1n) is 4.79. The van der Waals surface area contributed by atoms with Crippen LogP contribution in [0.4, 0.5) is 14.5 Å². The van der Waals surface area contributed by atoms with Crippen molar-refractivity contribution in [2.24, 2.45) is 5.92 Å². The summed E-state index contributed by atoms with van der Waals surface area (Å²) < 4.78 is 26.1. The predicted molar refractivity (Wildman–Crippen MR) is 54.3 cm³/mol. The summed E-state index contributed by atoms with van der Waals surface area (Å²) in [4.78, 5) is 0. The van der Waals surface area contributed by atoms with Crippen molar-refractivity contribution >= 4 is 5.69 Å². The summed E-state index contributed by atoms with van der Waals surface area (Å²) in [5, 5.41) is 2.76. The molecule has 0 unspecified atom stereocenters. The van der Waals surface area contributed by atoms with Gasteiger partial charge in [0.25, 0.3) is 0 Å². The Bertz CT molecular complexity index is 277. The molecule has 0 fully saturated rings. The molecule has 14 heavy (non-hydrogen) atoms. The topological polar surface area (TPSA) is 12.0 Å². The minimum absolute atomic E-state index is 0.0202. The summed E-state index contributed by atoms with van der Waals surface area (Å²) in [5.41, 5.74) is -0.0202. The summed E-state index contributed by atoms with van der Waals surface area (Å²) >= 11 is 0. The number of para-hydroxylation sites is 1. The second kappa shape index (κ2) is 4.94. The Morgan fingerprint density at radius 3 is 2.29 bits per heavy atom. The van der Waals surface area contributed by atoms with Crippen molar-refractivity contribution in [3.63, 3.8) is 0 Å². The maximum absolute atomic E-state index is 13.1. The lowest BCUT2D eigenvalue weighted by Crippen LogP contribution is -2.07. The van der Waals surface area contributed by atoms with Gasteiger partial charge in [-0.1, -0.05) is 19.9 Å². The van der Waals surface area contributed by atoms with Gasteiger partial charge in [0.15, 0.2) is 0 Å². The summed E-state index contributed by atoms with van der Waals surface area (Å²) in [6, 6.07) is 3.86. The quantitative estimate of drug-likeness (QED) is 0.783. The molecular weight excluding hydrogens is 184 g/mol. The summed E-state index contributed by atoms with van der Waals surface area (Å²) in [6.07, 6.45) is 0.897. The summed E-state index contributed by atoms with van der Waals surface area (Å²) in [6.45, 7) is 4.73. The molecule has 1 aromatic carbocycles. The molecule has 0 aromatic heterocycles. The Morgan fingerprint density at radius 2 is 1.79 bits per heavy atom. The Hall–Kier alpha value is -1.12. The second-order valence-corrected chi connectivity index (χ2v) is 3.71. The standard InChI is InChI=1S/C11H15F2N/c1-8(2)6-7-14-11-9(12)4-3-5-10(11)13/h3-5,8,14H,6-7H2,1-2H3. The predicted octanol–water partition coefficient (Wildman–Crippen LogP) is 3.42. The monoisotopic (exact) mass is 199 g/mol. The van der Waals surface area contributed by atoms with Crippen LogP contribution in [0.5, 0.6) is 0 Å². The zero-order chi connectivity index (χ0) is 10.6. The fraction of sp³-hybridized carbons (Fsp3) is 0.455. The van der Waals surface area contributed by atoms with Crippen molar-refractivity contribution in [3.8, 4) is 0 Å². The highest BCUT2D eigenvalue weighted by Gasteiger charge is 2.06. The van der Waals surface area contributed by atoms with E-state index in [9.17, 15) is 8.78 Å². The molecule has 0 saturated heterocycles. The van der Waals surface area contributed by atoms with Crippen LogP contribution in [0.25, 0.3) is 0 Å². The van der Waals surface area contributed by atoms with Crippen molar-refractivity contribution in [1.82, 2.24) is 0 Å².